The summed E-state index contributed by atoms with van der Waals surface area (Å²) in [6.45, 7) is 10.6. The Balaban J connectivity index is 1.47. The lowest BCUT2D eigenvalue weighted by atomic mass is 9.72. The van der Waals surface area contributed by atoms with Crippen LogP contribution in [0.2, 0.25) is 0 Å². The van der Waals surface area contributed by atoms with E-state index in [0.717, 1.165) is 58.4 Å². The maximum Gasteiger partial charge on any atom is 0.409 e. The molecule has 0 atom stereocenters. The molecule has 2 saturated heterocycles. The predicted molar refractivity (Wildman–Crippen MR) is 107 cm³/mol. The summed E-state index contributed by atoms with van der Waals surface area (Å²) in [4.78, 5) is 32.6. The van der Waals surface area contributed by atoms with Crippen molar-refractivity contribution in [3.63, 3.8) is 0 Å². The van der Waals surface area contributed by atoms with Gasteiger partial charge in [-0.2, -0.15) is 0 Å². The van der Waals surface area contributed by atoms with Crippen LogP contribution in [0, 0.1) is 10.8 Å². The number of rotatable bonds is 5. The van der Waals surface area contributed by atoms with E-state index in [0.29, 0.717) is 13.0 Å². The first-order valence-corrected chi connectivity index (χ1v) is 10.4. The van der Waals surface area contributed by atoms with Crippen LogP contribution >= 0.6 is 0 Å². The number of carbonyl (C=O) groups is 2. The highest BCUT2D eigenvalue weighted by atomic mass is 16.6. The molecule has 2 aliphatic rings. The number of imidazole rings is 1. The third kappa shape index (κ3) is 5.49. The number of ether oxygens (including phenoxy) is 1. The Morgan fingerprint density at radius 3 is 2.61 bits per heavy atom. The zero-order chi connectivity index (χ0) is 20.2. The van der Waals surface area contributed by atoms with Crippen molar-refractivity contribution in [3.05, 3.63) is 18.7 Å². The number of hydrogen-bond donors (Lipinski definition) is 0. The Morgan fingerprint density at radius 1 is 1.21 bits per heavy atom. The molecule has 0 N–H and O–H groups in total. The lowest BCUT2D eigenvalue weighted by Crippen LogP contribution is -2.52. The van der Waals surface area contributed by atoms with Crippen LogP contribution in [-0.4, -0.2) is 64.1 Å². The number of aryl methyl sites for hydroxylation is 1. The molecule has 0 saturated carbocycles. The molecule has 1 spiro atoms. The van der Waals surface area contributed by atoms with E-state index < -0.39 is 0 Å². The second-order valence-electron chi connectivity index (χ2n) is 9.57. The van der Waals surface area contributed by atoms with E-state index in [-0.39, 0.29) is 22.8 Å². The van der Waals surface area contributed by atoms with Gasteiger partial charge in [0.05, 0.1) is 12.9 Å². The van der Waals surface area contributed by atoms with E-state index >= 15 is 0 Å². The van der Waals surface area contributed by atoms with Crippen LogP contribution in [0.4, 0.5) is 4.79 Å². The lowest BCUT2D eigenvalue weighted by molar-refractivity contribution is -0.139. The molecule has 156 valence electrons. The standard InChI is InChI=1S/C21H34N4O3/c1-20(2,3)16-28-19(27)24-12-7-21(8-13-24)6-5-18(26)25(15-21)11-4-10-23-14-9-22-17-23/h9,14,17H,4-8,10-13,15-16H2,1-3H3. The van der Waals surface area contributed by atoms with E-state index in [2.05, 4.69) is 25.8 Å². The minimum absolute atomic E-state index is 0.0202. The smallest absolute Gasteiger partial charge is 0.409 e. The Morgan fingerprint density at radius 2 is 1.96 bits per heavy atom. The van der Waals surface area contributed by atoms with Crippen molar-refractivity contribution in [1.29, 1.82) is 0 Å². The number of piperidine rings is 2. The number of nitrogens with zero attached hydrogens (tertiary/aromatic N) is 4. The van der Waals surface area contributed by atoms with Crippen LogP contribution in [0.5, 0.6) is 0 Å². The molecule has 0 radical (unpaired) electrons. The average Bonchev–Trinajstić information content (AvgIpc) is 3.16. The largest absolute Gasteiger partial charge is 0.449 e. The first-order valence-electron chi connectivity index (χ1n) is 10.4. The van der Waals surface area contributed by atoms with Gasteiger partial charge >= 0.3 is 6.09 Å². The van der Waals surface area contributed by atoms with Gasteiger partial charge in [0.25, 0.3) is 0 Å². The Hall–Kier alpha value is -2.05. The Labute approximate surface area is 168 Å². The minimum Gasteiger partial charge on any atom is -0.449 e. The normalized spacial score (nSPS) is 19.9. The fourth-order valence-corrected chi connectivity index (χ4v) is 4.11. The van der Waals surface area contributed by atoms with Crippen LogP contribution in [0.25, 0.3) is 0 Å². The first-order chi connectivity index (χ1) is 13.3. The number of likely N-dealkylation sites (tertiary alicyclic amines) is 2. The van der Waals surface area contributed by atoms with Crippen molar-refractivity contribution in [1.82, 2.24) is 19.4 Å². The third-order valence-electron chi connectivity index (χ3n) is 5.86. The molecule has 1 aromatic heterocycles. The molecule has 0 bridgehead atoms. The molecule has 1 aromatic rings. The Kier molecular flexibility index (Phi) is 6.30. The van der Waals surface area contributed by atoms with E-state index in [1.807, 2.05) is 26.9 Å². The summed E-state index contributed by atoms with van der Waals surface area (Å²) >= 11 is 0. The van der Waals surface area contributed by atoms with Gasteiger partial charge in [-0.05, 0) is 36.5 Å². The van der Waals surface area contributed by atoms with Crippen LogP contribution in [0.1, 0.15) is 52.9 Å². The summed E-state index contributed by atoms with van der Waals surface area (Å²) in [5, 5.41) is 0. The number of carbonyl (C=O) groups excluding carboxylic acids is 2. The third-order valence-corrected chi connectivity index (χ3v) is 5.86. The van der Waals surface area contributed by atoms with Crippen molar-refractivity contribution < 1.29 is 14.3 Å². The zero-order valence-corrected chi connectivity index (χ0v) is 17.5. The van der Waals surface area contributed by atoms with Gasteiger partial charge in [0.15, 0.2) is 0 Å². The van der Waals surface area contributed by atoms with Crippen molar-refractivity contribution in [3.8, 4) is 0 Å². The summed E-state index contributed by atoms with van der Waals surface area (Å²) in [5.74, 6) is 0.267. The monoisotopic (exact) mass is 390 g/mol. The highest BCUT2D eigenvalue weighted by Gasteiger charge is 2.41. The molecule has 3 rings (SSSR count). The van der Waals surface area contributed by atoms with E-state index in [1.165, 1.54) is 0 Å². The second kappa shape index (κ2) is 8.53. The SMILES string of the molecule is CC(C)(C)COC(=O)N1CCC2(CCC(=O)N(CCCn3ccnc3)C2)CC1. The van der Waals surface area contributed by atoms with Gasteiger partial charge in [-0.3, -0.25) is 4.79 Å². The maximum absolute atomic E-state index is 12.4. The van der Waals surface area contributed by atoms with Gasteiger partial charge in [0.1, 0.15) is 0 Å². The van der Waals surface area contributed by atoms with Crippen LogP contribution in [-0.2, 0) is 16.1 Å². The molecule has 0 aromatic carbocycles. The van der Waals surface area contributed by atoms with E-state index in [1.54, 1.807) is 6.20 Å². The highest BCUT2D eigenvalue weighted by Crippen LogP contribution is 2.40. The van der Waals surface area contributed by atoms with Gasteiger partial charge in [0, 0.05) is 51.5 Å². The van der Waals surface area contributed by atoms with Crippen molar-refractivity contribution in [2.45, 2.75) is 59.4 Å². The quantitative estimate of drug-likeness (QED) is 0.774. The molecule has 0 unspecified atom stereocenters. The summed E-state index contributed by atoms with van der Waals surface area (Å²) in [7, 11) is 0. The predicted octanol–water partition coefficient (Wildman–Crippen LogP) is 3.16. The fourth-order valence-electron chi connectivity index (χ4n) is 4.11. The minimum atomic E-state index is -0.200. The highest BCUT2D eigenvalue weighted by molar-refractivity contribution is 5.77. The van der Waals surface area contributed by atoms with Crippen molar-refractivity contribution >= 4 is 12.0 Å². The Bertz CT molecular complexity index is 658. The topological polar surface area (TPSA) is 67.7 Å². The van der Waals surface area contributed by atoms with Crippen molar-refractivity contribution in [2.75, 3.05) is 32.8 Å². The average molecular weight is 391 g/mol. The van der Waals surface area contributed by atoms with Crippen LogP contribution < -0.4 is 0 Å². The summed E-state index contributed by atoms with van der Waals surface area (Å²) in [6, 6.07) is 0. The van der Waals surface area contributed by atoms with Gasteiger partial charge in [-0.1, -0.05) is 20.8 Å². The van der Waals surface area contributed by atoms with Gasteiger partial charge < -0.3 is 19.1 Å². The summed E-state index contributed by atoms with van der Waals surface area (Å²) in [6.07, 6.45) is 9.74. The summed E-state index contributed by atoms with van der Waals surface area (Å²) in [5.41, 5.74) is 0.136. The molecular formula is C21H34N4O3. The molecule has 0 aliphatic carbocycles. The molecular weight excluding hydrogens is 356 g/mol. The second-order valence-corrected chi connectivity index (χ2v) is 9.57. The van der Waals surface area contributed by atoms with Gasteiger partial charge in [-0.25, -0.2) is 9.78 Å². The first kappa shape index (κ1) is 20.7. The number of hydrogen-bond acceptors (Lipinski definition) is 4. The molecule has 2 fully saturated rings. The van der Waals surface area contributed by atoms with E-state index in [9.17, 15) is 9.59 Å². The number of amides is 2. The summed E-state index contributed by atoms with van der Waals surface area (Å²) < 4.78 is 7.51. The molecule has 2 amide bonds. The van der Waals surface area contributed by atoms with Crippen LogP contribution in [0.3, 0.4) is 0 Å². The molecule has 7 nitrogen and oxygen atoms in total. The van der Waals surface area contributed by atoms with E-state index in [4.69, 9.17) is 4.74 Å². The van der Waals surface area contributed by atoms with Crippen molar-refractivity contribution in [2.24, 2.45) is 10.8 Å². The molecule has 28 heavy (non-hydrogen) atoms. The fraction of sp³-hybridized carbons (Fsp3) is 0.762. The number of aromatic nitrogens is 2. The molecule has 3 heterocycles. The zero-order valence-electron chi connectivity index (χ0n) is 17.5. The van der Waals surface area contributed by atoms with Crippen LogP contribution in [0.15, 0.2) is 18.7 Å². The maximum atomic E-state index is 12.4. The molecule has 2 aliphatic heterocycles. The van der Waals surface area contributed by atoms with Gasteiger partial charge in [-0.15, -0.1) is 0 Å². The lowest BCUT2D eigenvalue weighted by Gasteiger charge is -2.47. The van der Waals surface area contributed by atoms with Gasteiger partial charge in [0.2, 0.25) is 5.91 Å². The molecule has 7 heteroatoms.